The summed E-state index contributed by atoms with van der Waals surface area (Å²) in [7, 11) is 0. The van der Waals surface area contributed by atoms with Crippen molar-refractivity contribution in [1.29, 1.82) is 5.26 Å². The highest BCUT2D eigenvalue weighted by molar-refractivity contribution is 5.86. The number of carboxylic acids is 1. The molecule has 1 aromatic rings. The first-order chi connectivity index (χ1) is 8.61. The molecular weight excluding hydrogens is 226 g/mol. The number of carbonyl (C=O) groups is 1. The molecule has 0 spiro atoms. The molecule has 0 aliphatic heterocycles. The lowest BCUT2D eigenvalue weighted by molar-refractivity contribution is -0.132. The first kappa shape index (κ1) is 15.4. The van der Waals surface area contributed by atoms with Crippen molar-refractivity contribution >= 4 is 12.0 Å². The van der Waals surface area contributed by atoms with E-state index in [4.69, 9.17) is 10.4 Å². The van der Waals surface area contributed by atoms with E-state index in [2.05, 4.69) is 6.58 Å². The summed E-state index contributed by atoms with van der Waals surface area (Å²) in [5, 5.41) is 16.3. The molecule has 3 nitrogen and oxygen atoms in total. The van der Waals surface area contributed by atoms with Gasteiger partial charge in [-0.3, -0.25) is 0 Å². The molecule has 1 aromatic carbocycles. The van der Waals surface area contributed by atoms with Gasteiger partial charge in [0.1, 0.15) is 0 Å². The summed E-state index contributed by atoms with van der Waals surface area (Å²) in [5.41, 5.74) is 1.39. The van der Waals surface area contributed by atoms with Gasteiger partial charge in [-0.15, -0.1) is 0 Å². The number of nitrogens with zero attached hydrogens (tertiary/aromatic N) is 1. The maximum atomic E-state index is 10.1. The maximum Gasteiger partial charge on any atom is 0.331 e. The van der Waals surface area contributed by atoms with Crippen LogP contribution < -0.4 is 0 Å². The van der Waals surface area contributed by atoms with Crippen LogP contribution >= 0.6 is 0 Å². The van der Waals surface area contributed by atoms with Gasteiger partial charge in [-0.05, 0) is 12.5 Å². The molecule has 0 heterocycles. The molecule has 3 heteroatoms. The Balaban J connectivity index is 0.000000327. The second-order valence-corrected chi connectivity index (χ2v) is 3.26. The number of nitriles is 1. The van der Waals surface area contributed by atoms with Crippen molar-refractivity contribution in [3.63, 3.8) is 0 Å². The molecule has 0 saturated carbocycles. The number of carboxylic acid groups (broad SMARTS) is 1. The smallest absolute Gasteiger partial charge is 0.331 e. The number of benzene rings is 1. The molecule has 0 fully saturated rings. The van der Waals surface area contributed by atoms with Crippen molar-refractivity contribution in [2.45, 2.75) is 6.92 Å². The van der Waals surface area contributed by atoms with Gasteiger partial charge in [0.25, 0.3) is 0 Å². The van der Waals surface area contributed by atoms with Gasteiger partial charge < -0.3 is 5.11 Å². The SMILES string of the molecule is C=Cc1ccccc1.CC(=CC=CC#N)C(=O)O. The quantitative estimate of drug-likeness (QED) is 0.501. The Labute approximate surface area is 107 Å². The van der Waals surface area contributed by atoms with Gasteiger partial charge in [0, 0.05) is 11.6 Å². The molecule has 0 unspecified atom stereocenters. The molecule has 92 valence electrons. The Morgan fingerprint density at radius 2 is 2.00 bits per heavy atom. The molecule has 18 heavy (non-hydrogen) atoms. The van der Waals surface area contributed by atoms with Crippen molar-refractivity contribution in [3.8, 4) is 6.07 Å². The highest BCUT2D eigenvalue weighted by Crippen LogP contribution is 1.97. The van der Waals surface area contributed by atoms with E-state index in [0.29, 0.717) is 0 Å². The van der Waals surface area contributed by atoms with Crippen LogP contribution in [-0.4, -0.2) is 11.1 Å². The number of aliphatic carboxylic acids is 1. The van der Waals surface area contributed by atoms with Crippen LogP contribution in [0.25, 0.3) is 6.08 Å². The van der Waals surface area contributed by atoms with Crippen molar-refractivity contribution in [2.75, 3.05) is 0 Å². The molecule has 0 aromatic heterocycles. The largest absolute Gasteiger partial charge is 0.478 e. The Hall–Kier alpha value is -2.60. The predicted octanol–water partition coefficient (Wildman–Crippen LogP) is 3.43. The van der Waals surface area contributed by atoms with Crippen molar-refractivity contribution in [2.24, 2.45) is 0 Å². The van der Waals surface area contributed by atoms with Gasteiger partial charge in [-0.1, -0.05) is 55.1 Å². The standard InChI is InChI=1S/C8H8.C7H7NO2/c1-2-8-6-4-3-5-7-8;1-6(7(9)10)4-2-3-5-8/h2-7H,1H2;2-4H,1H3,(H,9,10). The summed E-state index contributed by atoms with van der Waals surface area (Å²) in [6.45, 7) is 5.09. The normalized spacial score (nSPS) is 10.1. The zero-order valence-corrected chi connectivity index (χ0v) is 10.2. The molecule has 0 aliphatic rings. The number of allylic oxidation sites excluding steroid dienone is 3. The van der Waals surface area contributed by atoms with Crippen LogP contribution in [0.15, 0.2) is 60.7 Å². The second-order valence-electron chi connectivity index (χ2n) is 3.26. The highest BCUT2D eigenvalue weighted by Gasteiger charge is 1.94. The molecule has 1 N–H and O–H groups in total. The molecule has 0 atom stereocenters. The minimum absolute atomic E-state index is 0.214. The number of rotatable bonds is 3. The molecule has 0 saturated heterocycles. The maximum absolute atomic E-state index is 10.1. The van der Waals surface area contributed by atoms with Gasteiger partial charge >= 0.3 is 5.97 Å². The summed E-state index contributed by atoms with van der Waals surface area (Å²) in [6, 6.07) is 11.8. The van der Waals surface area contributed by atoms with Gasteiger partial charge in [0.05, 0.1) is 6.07 Å². The molecular formula is C15H15NO2. The van der Waals surface area contributed by atoms with Gasteiger partial charge in [0.2, 0.25) is 0 Å². The highest BCUT2D eigenvalue weighted by atomic mass is 16.4. The third kappa shape index (κ3) is 7.66. The lowest BCUT2D eigenvalue weighted by atomic mass is 10.2. The van der Waals surface area contributed by atoms with Crippen molar-refractivity contribution in [3.05, 3.63) is 66.3 Å². The van der Waals surface area contributed by atoms with E-state index >= 15 is 0 Å². The molecule has 1 rings (SSSR count). The van der Waals surface area contributed by atoms with Crippen molar-refractivity contribution < 1.29 is 9.90 Å². The molecule has 0 aliphatic carbocycles. The van der Waals surface area contributed by atoms with E-state index < -0.39 is 5.97 Å². The Bertz CT molecular complexity index is 479. The molecule has 0 amide bonds. The van der Waals surface area contributed by atoms with E-state index in [0.717, 1.165) is 0 Å². The lowest BCUT2D eigenvalue weighted by Crippen LogP contribution is -1.94. The lowest BCUT2D eigenvalue weighted by Gasteiger charge is -1.85. The monoisotopic (exact) mass is 241 g/mol. The minimum atomic E-state index is -0.970. The van der Waals surface area contributed by atoms with Gasteiger partial charge in [0.15, 0.2) is 0 Å². The summed E-state index contributed by atoms with van der Waals surface area (Å²) < 4.78 is 0. The number of hydrogen-bond donors (Lipinski definition) is 1. The fraction of sp³-hybridized carbons (Fsp3) is 0.0667. The summed E-state index contributed by atoms with van der Waals surface area (Å²) in [5.74, 6) is -0.970. The average Bonchev–Trinajstić information content (AvgIpc) is 2.40. The third-order valence-corrected chi connectivity index (χ3v) is 1.89. The van der Waals surface area contributed by atoms with Gasteiger partial charge in [-0.25, -0.2) is 4.79 Å². The van der Waals surface area contributed by atoms with Crippen LogP contribution in [-0.2, 0) is 4.79 Å². The van der Waals surface area contributed by atoms with E-state index in [-0.39, 0.29) is 5.57 Å². The van der Waals surface area contributed by atoms with Gasteiger partial charge in [-0.2, -0.15) is 5.26 Å². The van der Waals surface area contributed by atoms with Crippen LogP contribution in [0.4, 0.5) is 0 Å². The zero-order chi connectivity index (χ0) is 13.8. The number of hydrogen-bond acceptors (Lipinski definition) is 2. The third-order valence-electron chi connectivity index (χ3n) is 1.89. The minimum Gasteiger partial charge on any atom is -0.478 e. The Morgan fingerprint density at radius 1 is 1.39 bits per heavy atom. The first-order valence-corrected chi connectivity index (χ1v) is 5.25. The second kappa shape index (κ2) is 9.61. The van der Waals surface area contributed by atoms with E-state index in [1.165, 1.54) is 30.7 Å². The van der Waals surface area contributed by atoms with Crippen LogP contribution in [0, 0.1) is 11.3 Å². The van der Waals surface area contributed by atoms with Crippen LogP contribution in [0.2, 0.25) is 0 Å². The Morgan fingerprint density at radius 3 is 2.39 bits per heavy atom. The van der Waals surface area contributed by atoms with Crippen LogP contribution in [0.5, 0.6) is 0 Å². The van der Waals surface area contributed by atoms with Crippen LogP contribution in [0.3, 0.4) is 0 Å². The summed E-state index contributed by atoms with van der Waals surface area (Å²) in [6.07, 6.45) is 5.81. The Kier molecular flexibility index (Phi) is 8.22. The zero-order valence-electron chi connectivity index (χ0n) is 10.2. The molecule has 0 radical (unpaired) electrons. The fourth-order valence-corrected chi connectivity index (χ4v) is 0.896. The molecule has 0 bridgehead atoms. The average molecular weight is 241 g/mol. The van der Waals surface area contributed by atoms with E-state index in [9.17, 15) is 4.79 Å². The summed E-state index contributed by atoms with van der Waals surface area (Å²) in [4.78, 5) is 10.1. The van der Waals surface area contributed by atoms with E-state index in [1.54, 1.807) is 6.07 Å². The first-order valence-electron chi connectivity index (χ1n) is 5.25. The topological polar surface area (TPSA) is 61.1 Å². The van der Waals surface area contributed by atoms with Crippen molar-refractivity contribution in [1.82, 2.24) is 0 Å². The fourth-order valence-electron chi connectivity index (χ4n) is 0.896. The summed E-state index contributed by atoms with van der Waals surface area (Å²) >= 11 is 0. The predicted molar refractivity (Wildman–Crippen MR) is 72.7 cm³/mol. The van der Waals surface area contributed by atoms with Crippen LogP contribution in [0.1, 0.15) is 12.5 Å². The van der Waals surface area contributed by atoms with E-state index in [1.807, 2.05) is 36.4 Å².